The molecule has 0 radical (unpaired) electrons. The van der Waals surface area contributed by atoms with Gasteiger partial charge in [-0.3, -0.25) is 0 Å². The van der Waals surface area contributed by atoms with Gasteiger partial charge in [0.1, 0.15) is 4.64 Å². The monoisotopic (exact) mass is 251 g/mol. The molecule has 1 aromatic heterocycles. The van der Waals surface area contributed by atoms with Crippen molar-refractivity contribution in [3.8, 4) is 0 Å². The third-order valence-electron chi connectivity index (χ3n) is 3.51. The molecule has 0 aromatic carbocycles. The Morgan fingerprint density at radius 2 is 1.88 bits per heavy atom. The number of nitrogens with one attached hydrogen (secondary N) is 1. The number of aromatic amines is 1. The Kier molecular flexibility index (Phi) is 4.15. The van der Waals surface area contributed by atoms with Crippen molar-refractivity contribution >= 4 is 18.2 Å². The standard InChI is InChI=1S/C13H21N3S/c1-3-16(4-2)13-14-11-9-7-5-6-8-10(11)12(17)15-13/h3-9H2,1-2H3,(H,14,15,17). The fourth-order valence-electron chi connectivity index (χ4n) is 2.46. The summed E-state index contributed by atoms with van der Waals surface area (Å²) in [6.45, 7) is 6.22. The molecule has 0 amide bonds. The molecule has 1 N–H and O–H groups in total. The van der Waals surface area contributed by atoms with E-state index in [2.05, 4.69) is 28.7 Å². The van der Waals surface area contributed by atoms with Crippen molar-refractivity contribution in [2.24, 2.45) is 0 Å². The summed E-state index contributed by atoms with van der Waals surface area (Å²) in [6, 6.07) is 0. The Balaban J connectivity index is 2.41. The molecule has 0 saturated carbocycles. The third-order valence-corrected chi connectivity index (χ3v) is 3.85. The number of aromatic nitrogens is 2. The molecule has 0 atom stereocenters. The Bertz CT molecular complexity index is 435. The number of fused-ring (bicyclic) bond motifs is 1. The van der Waals surface area contributed by atoms with E-state index >= 15 is 0 Å². The predicted octanol–water partition coefficient (Wildman–Crippen LogP) is 3.25. The van der Waals surface area contributed by atoms with Gasteiger partial charge in [-0.25, -0.2) is 4.98 Å². The van der Waals surface area contributed by atoms with Gasteiger partial charge in [-0.05, 0) is 39.5 Å². The molecule has 0 fully saturated rings. The van der Waals surface area contributed by atoms with E-state index in [1.54, 1.807) is 0 Å². The van der Waals surface area contributed by atoms with Gasteiger partial charge in [-0.2, -0.15) is 0 Å². The van der Waals surface area contributed by atoms with E-state index in [-0.39, 0.29) is 0 Å². The summed E-state index contributed by atoms with van der Waals surface area (Å²) in [5.74, 6) is 0.945. The van der Waals surface area contributed by atoms with Crippen LogP contribution in [0.25, 0.3) is 0 Å². The third kappa shape index (κ3) is 2.68. The molecule has 0 bridgehead atoms. The average Bonchev–Trinajstić information content (AvgIpc) is 2.56. The van der Waals surface area contributed by atoms with Crippen LogP contribution in [0, 0.1) is 4.64 Å². The minimum Gasteiger partial charge on any atom is -0.343 e. The Labute approximate surface area is 108 Å². The van der Waals surface area contributed by atoms with Gasteiger partial charge in [0.2, 0.25) is 5.95 Å². The average molecular weight is 251 g/mol. The lowest BCUT2D eigenvalue weighted by molar-refractivity contribution is 0.708. The number of hydrogen-bond donors (Lipinski definition) is 1. The topological polar surface area (TPSA) is 31.9 Å². The molecule has 0 saturated heterocycles. The van der Waals surface area contributed by atoms with Gasteiger partial charge in [-0.15, -0.1) is 0 Å². The van der Waals surface area contributed by atoms with Crippen LogP contribution in [0.5, 0.6) is 0 Å². The minimum absolute atomic E-state index is 0.808. The summed E-state index contributed by atoms with van der Waals surface area (Å²) in [5, 5.41) is 0. The lowest BCUT2D eigenvalue weighted by atomic mass is 10.1. The summed E-state index contributed by atoms with van der Waals surface area (Å²) in [7, 11) is 0. The first-order valence-electron chi connectivity index (χ1n) is 6.63. The van der Waals surface area contributed by atoms with Crippen molar-refractivity contribution in [1.29, 1.82) is 0 Å². The summed E-state index contributed by atoms with van der Waals surface area (Å²) in [4.78, 5) is 10.3. The molecule has 1 aliphatic rings. The number of H-pyrrole nitrogens is 1. The number of anilines is 1. The van der Waals surface area contributed by atoms with Crippen LogP contribution in [0.4, 0.5) is 5.95 Å². The first-order valence-corrected chi connectivity index (χ1v) is 7.04. The molecule has 94 valence electrons. The summed E-state index contributed by atoms with van der Waals surface area (Å²) >= 11 is 5.44. The molecule has 1 heterocycles. The predicted molar refractivity (Wildman–Crippen MR) is 74.2 cm³/mol. The highest BCUT2D eigenvalue weighted by Crippen LogP contribution is 2.21. The van der Waals surface area contributed by atoms with Crippen molar-refractivity contribution < 1.29 is 0 Å². The summed E-state index contributed by atoms with van der Waals surface area (Å²) < 4.78 is 0.808. The van der Waals surface area contributed by atoms with Crippen LogP contribution in [0.3, 0.4) is 0 Å². The fourth-order valence-corrected chi connectivity index (χ4v) is 2.77. The van der Waals surface area contributed by atoms with Gasteiger partial charge in [0.15, 0.2) is 0 Å². The van der Waals surface area contributed by atoms with E-state index in [4.69, 9.17) is 12.2 Å². The van der Waals surface area contributed by atoms with E-state index < -0.39 is 0 Å². The van der Waals surface area contributed by atoms with Gasteiger partial charge in [0.05, 0.1) is 0 Å². The van der Waals surface area contributed by atoms with Crippen molar-refractivity contribution in [3.05, 3.63) is 15.9 Å². The zero-order valence-corrected chi connectivity index (χ0v) is 11.6. The van der Waals surface area contributed by atoms with Crippen LogP contribution in [0.15, 0.2) is 0 Å². The smallest absolute Gasteiger partial charge is 0.204 e. The lowest BCUT2D eigenvalue weighted by Crippen LogP contribution is -2.25. The van der Waals surface area contributed by atoms with Crippen molar-refractivity contribution in [3.63, 3.8) is 0 Å². The Morgan fingerprint density at radius 3 is 2.59 bits per heavy atom. The summed E-state index contributed by atoms with van der Waals surface area (Å²) in [6.07, 6.45) is 6.03. The van der Waals surface area contributed by atoms with E-state index in [9.17, 15) is 0 Å². The zero-order valence-electron chi connectivity index (χ0n) is 10.8. The second-order valence-corrected chi connectivity index (χ2v) is 4.94. The van der Waals surface area contributed by atoms with Crippen molar-refractivity contribution in [2.75, 3.05) is 18.0 Å². The first-order chi connectivity index (χ1) is 8.26. The molecular formula is C13H21N3S. The molecule has 0 aliphatic heterocycles. The molecule has 3 nitrogen and oxygen atoms in total. The van der Waals surface area contributed by atoms with E-state index in [1.807, 2.05) is 0 Å². The van der Waals surface area contributed by atoms with Crippen LogP contribution in [-0.2, 0) is 12.8 Å². The van der Waals surface area contributed by atoms with Crippen LogP contribution in [0.1, 0.15) is 44.4 Å². The molecule has 2 rings (SSSR count). The lowest BCUT2D eigenvalue weighted by Gasteiger charge is -2.21. The van der Waals surface area contributed by atoms with E-state index in [0.717, 1.165) is 36.5 Å². The van der Waals surface area contributed by atoms with Crippen LogP contribution in [0.2, 0.25) is 0 Å². The van der Waals surface area contributed by atoms with Gasteiger partial charge in [-0.1, -0.05) is 18.6 Å². The molecule has 0 spiro atoms. The SMILES string of the molecule is CCN(CC)c1nc(=S)c2c([nH]1)CCCCC2. The Hall–Kier alpha value is -0.900. The Morgan fingerprint density at radius 1 is 1.18 bits per heavy atom. The maximum Gasteiger partial charge on any atom is 0.204 e. The zero-order chi connectivity index (χ0) is 12.3. The van der Waals surface area contributed by atoms with Gasteiger partial charge >= 0.3 is 0 Å². The van der Waals surface area contributed by atoms with Gasteiger partial charge < -0.3 is 9.88 Å². The fraction of sp³-hybridized carbons (Fsp3) is 0.692. The van der Waals surface area contributed by atoms with E-state index in [1.165, 1.54) is 30.5 Å². The maximum atomic E-state index is 5.44. The number of hydrogen-bond acceptors (Lipinski definition) is 3. The van der Waals surface area contributed by atoms with E-state index in [0.29, 0.717) is 0 Å². The largest absolute Gasteiger partial charge is 0.343 e. The quantitative estimate of drug-likeness (QED) is 0.661. The molecule has 0 unspecified atom stereocenters. The minimum atomic E-state index is 0.808. The van der Waals surface area contributed by atoms with Crippen molar-refractivity contribution in [1.82, 2.24) is 9.97 Å². The van der Waals surface area contributed by atoms with Crippen LogP contribution < -0.4 is 4.90 Å². The normalized spacial score (nSPS) is 15.2. The second-order valence-electron chi connectivity index (χ2n) is 4.56. The van der Waals surface area contributed by atoms with Gasteiger partial charge in [0.25, 0.3) is 0 Å². The summed E-state index contributed by atoms with van der Waals surface area (Å²) in [5.41, 5.74) is 2.61. The highest BCUT2D eigenvalue weighted by atomic mass is 32.1. The molecule has 17 heavy (non-hydrogen) atoms. The molecule has 4 heteroatoms. The van der Waals surface area contributed by atoms with Crippen LogP contribution in [-0.4, -0.2) is 23.1 Å². The van der Waals surface area contributed by atoms with Crippen LogP contribution >= 0.6 is 12.2 Å². The van der Waals surface area contributed by atoms with Crippen molar-refractivity contribution in [2.45, 2.75) is 46.0 Å². The first kappa shape index (κ1) is 12.6. The molecule has 1 aromatic rings. The number of rotatable bonds is 3. The highest BCUT2D eigenvalue weighted by Gasteiger charge is 2.13. The van der Waals surface area contributed by atoms with Gasteiger partial charge in [0, 0.05) is 24.3 Å². The molecular weight excluding hydrogens is 230 g/mol. The second kappa shape index (κ2) is 5.63. The molecule has 1 aliphatic carbocycles. The maximum absolute atomic E-state index is 5.44. The number of aryl methyl sites for hydroxylation is 1. The number of nitrogens with zero attached hydrogens (tertiary/aromatic N) is 2. The highest BCUT2D eigenvalue weighted by molar-refractivity contribution is 7.71.